The molecule has 1 N–H and O–H groups in total. The Balaban J connectivity index is 1.79. The Morgan fingerprint density at radius 1 is 1.19 bits per heavy atom. The molecule has 94 valence electrons. The summed E-state index contributed by atoms with van der Waals surface area (Å²) < 4.78 is 0. The highest BCUT2D eigenvalue weighted by molar-refractivity contribution is 4.86. The van der Waals surface area contributed by atoms with Gasteiger partial charge in [-0.1, -0.05) is 6.92 Å². The molecule has 0 amide bonds. The number of likely N-dealkylation sites (tertiary alicyclic amines) is 1. The Hall–Kier alpha value is -0.120. The first-order valence-electron chi connectivity index (χ1n) is 7.00. The van der Waals surface area contributed by atoms with E-state index in [1.165, 1.54) is 58.5 Å². The maximum Gasteiger partial charge on any atom is 0.0195 e. The molecule has 0 spiro atoms. The molecule has 3 heteroatoms. The molecule has 0 aromatic heterocycles. The Morgan fingerprint density at radius 2 is 1.94 bits per heavy atom. The second-order valence-electron chi connectivity index (χ2n) is 5.36. The van der Waals surface area contributed by atoms with Crippen molar-refractivity contribution in [1.82, 2.24) is 15.1 Å². The molecule has 2 saturated heterocycles. The van der Waals surface area contributed by atoms with Crippen molar-refractivity contribution in [2.24, 2.45) is 0 Å². The smallest absolute Gasteiger partial charge is 0.0195 e. The zero-order valence-electron chi connectivity index (χ0n) is 10.9. The van der Waals surface area contributed by atoms with E-state index in [-0.39, 0.29) is 0 Å². The fourth-order valence-electron chi connectivity index (χ4n) is 3.19. The molecule has 0 aliphatic carbocycles. The summed E-state index contributed by atoms with van der Waals surface area (Å²) in [4.78, 5) is 5.36. The van der Waals surface area contributed by atoms with Crippen LogP contribution in [0.5, 0.6) is 0 Å². The number of nitrogens with zero attached hydrogens (tertiary/aromatic N) is 2. The summed E-state index contributed by atoms with van der Waals surface area (Å²) >= 11 is 0. The van der Waals surface area contributed by atoms with Crippen LogP contribution in [0.1, 0.15) is 33.1 Å². The third-order valence-electron chi connectivity index (χ3n) is 4.12. The summed E-state index contributed by atoms with van der Waals surface area (Å²) in [5.41, 5.74) is 0. The molecule has 0 saturated carbocycles. The molecule has 2 heterocycles. The molecule has 0 aromatic carbocycles. The maximum atomic E-state index is 3.48. The molecule has 2 fully saturated rings. The molecule has 1 unspecified atom stereocenters. The van der Waals surface area contributed by atoms with Crippen molar-refractivity contribution in [3.63, 3.8) is 0 Å². The van der Waals surface area contributed by atoms with E-state index in [1.807, 2.05) is 0 Å². The standard InChI is InChI=1S/C13H27N3/c1-3-7-15-8-4-13(5-9-15)16-10-6-14-11-12(16)2/h12-14H,3-11H2,1-2H3. The minimum absolute atomic E-state index is 0.733. The Bertz CT molecular complexity index is 199. The molecule has 2 aliphatic heterocycles. The highest BCUT2D eigenvalue weighted by atomic mass is 15.3. The summed E-state index contributed by atoms with van der Waals surface area (Å²) in [7, 11) is 0. The first kappa shape index (κ1) is 12.3. The van der Waals surface area contributed by atoms with Crippen LogP contribution in [0.4, 0.5) is 0 Å². The fourth-order valence-corrected chi connectivity index (χ4v) is 3.19. The van der Waals surface area contributed by atoms with Gasteiger partial charge in [0.2, 0.25) is 0 Å². The van der Waals surface area contributed by atoms with Gasteiger partial charge < -0.3 is 10.2 Å². The Morgan fingerprint density at radius 3 is 2.56 bits per heavy atom. The third kappa shape index (κ3) is 2.96. The van der Waals surface area contributed by atoms with E-state index >= 15 is 0 Å². The van der Waals surface area contributed by atoms with Crippen molar-refractivity contribution < 1.29 is 0 Å². The summed E-state index contributed by atoms with van der Waals surface area (Å²) in [6, 6.07) is 1.58. The number of hydrogen-bond donors (Lipinski definition) is 1. The lowest BCUT2D eigenvalue weighted by Crippen LogP contribution is -2.56. The van der Waals surface area contributed by atoms with Gasteiger partial charge >= 0.3 is 0 Å². The second-order valence-corrected chi connectivity index (χ2v) is 5.36. The van der Waals surface area contributed by atoms with E-state index in [0.717, 1.165) is 12.1 Å². The first-order chi connectivity index (χ1) is 7.81. The van der Waals surface area contributed by atoms with E-state index < -0.39 is 0 Å². The maximum absolute atomic E-state index is 3.48. The lowest BCUT2D eigenvalue weighted by atomic mass is 10.00. The molecule has 3 nitrogen and oxygen atoms in total. The predicted octanol–water partition coefficient (Wildman–Crippen LogP) is 1.15. The van der Waals surface area contributed by atoms with E-state index in [9.17, 15) is 0 Å². The average Bonchev–Trinajstić information content (AvgIpc) is 2.31. The van der Waals surface area contributed by atoms with Gasteiger partial charge in [-0.2, -0.15) is 0 Å². The Labute approximate surface area is 100 Å². The molecule has 1 atom stereocenters. The number of piperazine rings is 1. The topological polar surface area (TPSA) is 18.5 Å². The van der Waals surface area contributed by atoms with E-state index in [2.05, 4.69) is 29.0 Å². The van der Waals surface area contributed by atoms with Crippen molar-refractivity contribution in [2.75, 3.05) is 39.3 Å². The van der Waals surface area contributed by atoms with Gasteiger partial charge in [0.05, 0.1) is 0 Å². The SMILES string of the molecule is CCCN1CCC(N2CCNCC2C)CC1. The van der Waals surface area contributed by atoms with Crippen LogP contribution in [-0.2, 0) is 0 Å². The third-order valence-corrected chi connectivity index (χ3v) is 4.12. The van der Waals surface area contributed by atoms with Gasteiger partial charge in [-0.3, -0.25) is 4.90 Å². The number of nitrogens with one attached hydrogen (secondary N) is 1. The van der Waals surface area contributed by atoms with E-state index in [4.69, 9.17) is 0 Å². The first-order valence-corrected chi connectivity index (χ1v) is 7.00. The molecular formula is C13H27N3. The quantitative estimate of drug-likeness (QED) is 0.777. The predicted molar refractivity (Wildman–Crippen MR) is 68.8 cm³/mol. The minimum Gasteiger partial charge on any atom is -0.314 e. The van der Waals surface area contributed by atoms with Gasteiger partial charge in [-0.15, -0.1) is 0 Å². The van der Waals surface area contributed by atoms with Crippen LogP contribution in [0.15, 0.2) is 0 Å². The van der Waals surface area contributed by atoms with Gasteiger partial charge in [0, 0.05) is 31.7 Å². The van der Waals surface area contributed by atoms with Crippen molar-refractivity contribution in [3.8, 4) is 0 Å². The zero-order chi connectivity index (χ0) is 11.4. The molecule has 2 aliphatic rings. The van der Waals surface area contributed by atoms with Crippen LogP contribution < -0.4 is 5.32 Å². The van der Waals surface area contributed by atoms with Crippen LogP contribution in [0, 0.1) is 0 Å². The normalized spacial score (nSPS) is 30.8. The Kier molecular flexibility index (Phi) is 4.62. The molecule has 0 aromatic rings. The monoisotopic (exact) mass is 225 g/mol. The number of piperidine rings is 1. The number of hydrogen-bond acceptors (Lipinski definition) is 3. The van der Waals surface area contributed by atoms with Crippen LogP contribution in [0.2, 0.25) is 0 Å². The summed E-state index contributed by atoms with van der Waals surface area (Å²) in [5.74, 6) is 0. The van der Waals surface area contributed by atoms with Gasteiger partial charge in [0.1, 0.15) is 0 Å². The average molecular weight is 225 g/mol. The van der Waals surface area contributed by atoms with Crippen molar-refractivity contribution >= 4 is 0 Å². The van der Waals surface area contributed by atoms with Gasteiger partial charge in [0.25, 0.3) is 0 Å². The molecule has 16 heavy (non-hydrogen) atoms. The molecule has 2 rings (SSSR count). The minimum atomic E-state index is 0.733. The zero-order valence-corrected chi connectivity index (χ0v) is 10.9. The van der Waals surface area contributed by atoms with Gasteiger partial charge in [-0.25, -0.2) is 0 Å². The molecular weight excluding hydrogens is 198 g/mol. The molecule has 0 radical (unpaired) electrons. The van der Waals surface area contributed by atoms with Crippen molar-refractivity contribution in [3.05, 3.63) is 0 Å². The van der Waals surface area contributed by atoms with Crippen LogP contribution in [0.25, 0.3) is 0 Å². The lowest BCUT2D eigenvalue weighted by Gasteiger charge is -2.43. The summed E-state index contributed by atoms with van der Waals surface area (Å²) in [5, 5.41) is 3.48. The largest absolute Gasteiger partial charge is 0.314 e. The van der Waals surface area contributed by atoms with E-state index in [1.54, 1.807) is 0 Å². The number of rotatable bonds is 3. The van der Waals surface area contributed by atoms with E-state index in [0.29, 0.717) is 0 Å². The second kappa shape index (κ2) is 5.99. The van der Waals surface area contributed by atoms with Gasteiger partial charge in [0.15, 0.2) is 0 Å². The van der Waals surface area contributed by atoms with Crippen molar-refractivity contribution in [2.45, 2.75) is 45.2 Å². The summed E-state index contributed by atoms with van der Waals surface area (Å²) in [6.07, 6.45) is 4.06. The lowest BCUT2D eigenvalue weighted by molar-refractivity contribution is 0.0648. The molecule has 0 bridgehead atoms. The van der Waals surface area contributed by atoms with Crippen LogP contribution in [-0.4, -0.2) is 61.2 Å². The van der Waals surface area contributed by atoms with Gasteiger partial charge in [-0.05, 0) is 45.8 Å². The summed E-state index contributed by atoms with van der Waals surface area (Å²) in [6.45, 7) is 12.2. The highest BCUT2D eigenvalue weighted by Gasteiger charge is 2.28. The van der Waals surface area contributed by atoms with Crippen LogP contribution >= 0.6 is 0 Å². The van der Waals surface area contributed by atoms with Crippen molar-refractivity contribution in [1.29, 1.82) is 0 Å². The fraction of sp³-hybridized carbons (Fsp3) is 1.00. The highest BCUT2D eigenvalue weighted by Crippen LogP contribution is 2.19. The van der Waals surface area contributed by atoms with Crippen LogP contribution in [0.3, 0.4) is 0 Å².